The number of pyridine rings is 1. The van der Waals surface area contributed by atoms with Gasteiger partial charge in [0.05, 0.1) is 29.6 Å². The summed E-state index contributed by atoms with van der Waals surface area (Å²) in [5.41, 5.74) is 1.51. The van der Waals surface area contributed by atoms with Crippen molar-refractivity contribution in [1.82, 2.24) is 35.3 Å². The normalized spacial score (nSPS) is 12.2. The predicted octanol–water partition coefficient (Wildman–Crippen LogP) is 2.98. The van der Waals surface area contributed by atoms with Crippen LogP contribution in [0.2, 0.25) is 5.02 Å². The molecule has 170 valence electrons. The number of fused-ring (bicyclic) bond motifs is 1. The van der Waals surface area contributed by atoms with Crippen LogP contribution in [0.5, 0.6) is 5.88 Å². The zero-order valence-corrected chi connectivity index (χ0v) is 18.9. The van der Waals surface area contributed by atoms with E-state index in [9.17, 15) is 4.79 Å². The van der Waals surface area contributed by atoms with Gasteiger partial charge in [0.1, 0.15) is 11.1 Å². The Morgan fingerprint density at radius 3 is 2.79 bits per heavy atom. The molecule has 4 aromatic rings. The maximum atomic E-state index is 13.0. The fourth-order valence-electron chi connectivity index (χ4n) is 2.80. The fourth-order valence-corrected chi connectivity index (χ4v) is 3.01. The zero-order valence-electron chi connectivity index (χ0n) is 18.1. The summed E-state index contributed by atoms with van der Waals surface area (Å²) in [6.45, 7) is 5.50. The highest BCUT2D eigenvalue weighted by Gasteiger charge is 2.25. The molecule has 0 spiro atoms. The molecule has 0 aliphatic rings. The minimum absolute atomic E-state index is 0.0220. The van der Waals surface area contributed by atoms with Crippen molar-refractivity contribution in [2.45, 2.75) is 33.0 Å². The molecule has 4 rings (SSSR count). The summed E-state index contributed by atoms with van der Waals surface area (Å²) >= 11 is 6.27. The number of aromatic amines is 1. The van der Waals surface area contributed by atoms with Crippen LogP contribution in [0.3, 0.4) is 0 Å². The molecule has 11 nitrogen and oxygen atoms in total. The van der Waals surface area contributed by atoms with Crippen LogP contribution in [0.1, 0.15) is 19.5 Å². The van der Waals surface area contributed by atoms with Gasteiger partial charge in [0, 0.05) is 6.20 Å². The molecular weight excluding hydrogens is 448 g/mol. The van der Waals surface area contributed by atoms with E-state index in [1.165, 1.54) is 6.20 Å². The molecule has 2 N–H and O–H groups in total. The van der Waals surface area contributed by atoms with Crippen LogP contribution in [0.15, 0.2) is 36.7 Å². The fraction of sp³-hybridized carbons (Fsp3) is 0.286. The number of hydrogen-bond acceptors (Lipinski definition) is 9. The maximum Gasteiger partial charge on any atom is 0.269 e. The van der Waals surface area contributed by atoms with Crippen LogP contribution in [0.4, 0.5) is 5.82 Å². The number of carbonyl (C=O) groups excluding carboxylic acids is 1. The standard InChI is InChI=1S/C21H21ClN8O3/c1-11(2)32-10-15(20(31)25-16-7-6-12(3)28-29-16)33-21-13-9-24-30-18(13)26-19(27-21)17-14(22)5-4-8-23-17/h4-9,11,15H,10H2,1-3H3,(H,25,29,31)(H,24,26,27,30)/t15-/m0/s1. The van der Waals surface area contributed by atoms with Gasteiger partial charge in [0.25, 0.3) is 5.91 Å². The van der Waals surface area contributed by atoms with Gasteiger partial charge >= 0.3 is 0 Å². The van der Waals surface area contributed by atoms with E-state index in [1.807, 2.05) is 13.8 Å². The highest BCUT2D eigenvalue weighted by Crippen LogP contribution is 2.28. The molecule has 4 aromatic heterocycles. The van der Waals surface area contributed by atoms with Gasteiger partial charge in [0.2, 0.25) is 12.0 Å². The zero-order chi connectivity index (χ0) is 23.4. The number of anilines is 1. The summed E-state index contributed by atoms with van der Waals surface area (Å²) in [6, 6.07) is 6.78. The molecule has 0 saturated heterocycles. The van der Waals surface area contributed by atoms with Crippen LogP contribution in [0, 0.1) is 6.92 Å². The summed E-state index contributed by atoms with van der Waals surface area (Å²) < 4.78 is 11.7. The van der Waals surface area contributed by atoms with E-state index in [1.54, 1.807) is 37.4 Å². The molecule has 0 radical (unpaired) electrons. The molecule has 0 unspecified atom stereocenters. The molecule has 4 heterocycles. The molecular formula is C21H21ClN8O3. The summed E-state index contributed by atoms with van der Waals surface area (Å²) in [5.74, 6) is 0.177. The van der Waals surface area contributed by atoms with E-state index in [2.05, 4.69) is 40.7 Å². The minimum atomic E-state index is -1.05. The van der Waals surface area contributed by atoms with Gasteiger partial charge in [-0.15, -0.1) is 5.10 Å². The van der Waals surface area contributed by atoms with Gasteiger partial charge < -0.3 is 14.8 Å². The Hall–Kier alpha value is -3.70. The lowest BCUT2D eigenvalue weighted by atomic mass is 10.3. The highest BCUT2D eigenvalue weighted by molar-refractivity contribution is 6.32. The second-order valence-corrected chi connectivity index (χ2v) is 7.76. The summed E-state index contributed by atoms with van der Waals surface area (Å²) in [7, 11) is 0. The van der Waals surface area contributed by atoms with Gasteiger partial charge in [-0.3, -0.25) is 14.9 Å². The number of carbonyl (C=O) groups is 1. The van der Waals surface area contributed by atoms with Gasteiger partial charge in [-0.1, -0.05) is 11.6 Å². The lowest BCUT2D eigenvalue weighted by Crippen LogP contribution is -2.38. The Bertz CT molecular complexity index is 1260. The van der Waals surface area contributed by atoms with Crippen molar-refractivity contribution in [1.29, 1.82) is 0 Å². The van der Waals surface area contributed by atoms with Crippen molar-refractivity contribution in [3.8, 4) is 17.4 Å². The second kappa shape index (κ2) is 9.84. The topological polar surface area (TPSA) is 141 Å². The Labute approximate surface area is 193 Å². The van der Waals surface area contributed by atoms with Crippen molar-refractivity contribution in [2.75, 3.05) is 11.9 Å². The highest BCUT2D eigenvalue weighted by atomic mass is 35.5. The molecule has 0 aliphatic carbocycles. The van der Waals surface area contributed by atoms with E-state index in [-0.39, 0.29) is 24.4 Å². The first kappa shape index (κ1) is 22.5. The molecule has 12 heteroatoms. The second-order valence-electron chi connectivity index (χ2n) is 7.36. The average Bonchev–Trinajstić information content (AvgIpc) is 3.27. The molecule has 0 saturated carbocycles. The van der Waals surface area contributed by atoms with Crippen LogP contribution >= 0.6 is 11.6 Å². The maximum absolute atomic E-state index is 13.0. The predicted molar refractivity (Wildman–Crippen MR) is 121 cm³/mol. The summed E-state index contributed by atoms with van der Waals surface area (Å²) in [6.07, 6.45) is 1.93. The number of aromatic nitrogens is 7. The number of nitrogens with zero attached hydrogens (tertiary/aromatic N) is 6. The first-order valence-corrected chi connectivity index (χ1v) is 10.5. The Morgan fingerprint density at radius 1 is 1.21 bits per heavy atom. The first-order valence-electron chi connectivity index (χ1n) is 10.1. The lowest BCUT2D eigenvalue weighted by Gasteiger charge is -2.19. The monoisotopic (exact) mass is 468 g/mol. The number of halogens is 1. The number of aryl methyl sites for hydroxylation is 1. The van der Waals surface area contributed by atoms with Crippen molar-refractivity contribution in [2.24, 2.45) is 0 Å². The number of amides is 1. The third kappa shape index (κ3) is 5.38. The molecule has 0 aliphatic heterocycles. The van der Waals surface area contributed by atoms with E-state index >= 15 is 0 Å². The van der Waals surface area contributed by atoms with Crippen LogP contribution < -0.4 is 10.1 Å². The van der Waals surface area contributed by atoms with Gasteiger partial charge in [0.15, 0.2) is 17.3 Å². The first-order chi connectivity index (χ1) is 15.9. The van der Waals surface area contributed by atoms with Crippen molar-refractivity contribution >= 4 is 34.4 Å². The van der Waals surface area contributed by atoms with E-state index in [0.717, 1.165) is 5.69 Å². The van der Waals surface area contributed by atoms with Crippen molar-refractivity contribution in [3.63, 3.8) is 0 Å². The molecule has 33 heavy (non-hydrogen) atoms. The Kier molecular flexibility index (Phi) is 6.71. The third-order valence-corrected chi connectivity index (χ3v) is 4.73. The molecule has 0 fully saturated rings. The third-order valence-electron chi connectivity index (χ3n) is 4.42. The smallest absolute Gasteiger partial charge is 0.269 e. The average molecular weight is 469 g/mol. The largest absolute Gasteiger partial charge is 0.461 e. The SMILES string of the molecule is Cc1ccc(NC(=O)[C@H](COC(C)C)Oc2nc(-c3ncccc3Cl)nc3[nH]ncc23)nn1. The summed E-state index contributed by atoms with van der Waals surface area (Å²) in [5, 5.41) is 18.3. The van der Waals surface area contributed by atoms with E-state index in [4.69, 9.17) is 21.1 Å². The van der Waals surface area contributed by atoms with Crippen molar-refractivity contribution < 1.29 is 14.3 Å². The van der Waals surface area contributed by atoms with Gasteiger partial charge in [-0.05, 0) is 45.0 Å². The number of H-pyrrole nitrogens is 1. The Balaban J connectivity index is 1.66. The van der Waals surface area contributed by atoms with Gasteiger partial charge in [-0.25, -0.2) is 4.98 Å². The van der Waals surface area contributed by atoms with Gasteiger partial charge in [-0.2, -0.15) is 15.2 Å². The van der Waals surface area contributed by atoms with E-state index in [0.29, 0.717) is 27.6 Å². The van der Waals surface area contributed by atoms with Crippen molar-refractivity contribution in [3.05, 3.63) is 47.4 Å². The number of nitrogens with one attached hydrogen (secondary N) is 2. The van der Waals surface area contributed by atoms with Crippen LogP contribution in [0.25, 0.3) is 22.6 Å². The van der Waals surface area contributed by atoms with E-state index < -0.39 is 12.0 Å². The molecule has 0 bridgehead atoms. The number of ether oxygens (including phenoxy) is 2. The quantitative estimate of drug-likeness (QED) is 0.399. The lowest BCUT2D eigenvalue weighted by molar-refractivity contribution is -0.126. The Morgan fingerprint density at radius 2 is 2.06 bits per heavy atom. The van der Waals surface area contributed by atoms with Crippen LogP contribution in [-0.2, 0) is 9.53 Å². The minimum Gasteiger partial charge on any atom is -0.461 e. The molecule has 1 atom stereocenters. The molecule has 0 aromatic carbocycles. The van der Waals surface area contributed by atoms with Crippen LogP contribution in [-0.4, -0.2) is 60.1 Å². The molecule has 1 amide bonds. The number of rotatable bonds is 8. The number of hydrogen-bond donors (Lipinski definition) is 2. The summed E-state index contributed by atoms with van der Waals surface area (Å²) in [4.78, 5) is 26.2.